The second-order valence-corrected chi connectivity index (χ2v) is 5.02. The van der Waals surface area contributed by atoms with Crippen molar-refractivity contribution in [2.75, 3.05) is 27.3 Å². The smallest absolute Gasteiger partial charge is 0.0469 e. The standard InChI is InChI=1S/C11H24N2O/c1-11(2,13(3)4)10(12)9-5-7-14-8-6-9/h9-10H,5-8,12H2,1-4H3. The fourth-order valence-electron chi connectivity index (χ4n) is 1.95. The Hall–Kier alpha value is -0.120. The highest BCUT2D eigenvalue weighted by molar-refractivity contribution is 4.93. The lowest BCUT2D eigenvalue weighted by atomic mass is 9.80. The zero-order valence-electron chi connectivity index (χ0n) is 9.92. The van der Waals surface area contributed by atoms with Crippen molar-refractivity contribution in [2.45, 2.75) is 38.3 Å². The Labute approximate surface area is 87.6 Å². The summed E-state index contributed by atoms with van der Waals surface area (Å²) in [6.45, 7) is 6.18. The molecule has 1 aliphatic heterocycles. The average molecular weight is 200 g/mol. The summed E-state index contributed by atoms with van der Waals surface area (Å²) in [7, 11) is 4.19. The second kappa shape index (κ2) is 4.60. The minimum atomic E-state index is 0.0714. The number of rotatable bonds is 3. The lowest BCUT2D eigenvalue weighted by Crippen LogP contribution is -2.57. The Kier molecular flexibility index (Phi) is 3.93. The van der Waals surface area contributed by atoms with E-state index in [0.717, 1.165) is 26.1 Å². The van der Waals surface area contributed by atoms with E-state index in [1.165, 1.54) is 0 Å². The molecule has 0 aliphatic carbocycles. The Morgan fingerprint density at radius 2 is 1.79 bits per heavy atom. The molecule has 84 valence electrons. The van der Waals surface area contributed by atoms with Gasteiger partial charge in [-0.3, -0.25) is 0 Å². The molecule has 3 nitrogen and oxygen atoms in total. The van der Waals surface area contributed by atoms with Crippen LogP contribution in [0.3, 0.4) is 0 Å². The molecule has 0 spiro atoms. The van der Waals surface area contributed by atoms with Crippen LogP contribution in [0.2, 0.25) is 0 Å². The topological polar surface area (TPSA) is 38.5 Å². The van der Waals surface area contributed by atoms with Gasteiger partial charge in [-0.2, -0.15) is 0 Å². The van der Waals surface area contributed by atoms with E-state index in [4.69, 9.17) is 10.5 Å². The third-order valence-electron chi connectivity index (χ3n) is 3.74. The zero-order valence-corrected chi connectivity index (χ0v) is 9.92. The molecule has 1 fully saturated rings. The van der Waals surface area contributed by atoms with Crippen molar-refractivity contribution in [3.05, 3.63) is 0 Å². The molecule has 0 amide bonds. The lowest BCUT2D eigenvalue weighted by molar-refractivity contribution is 0.0308. The molecule has 1 heterocycles. The first-order valence-corrected chi connectivity index (χ1v) is 5.47. The molecular weight excluding hydrogens is 176 g/mol. The van der Waals surface area contributed by atoms with E-state index in [1.54, 1.807) is 0 Å². The van der Waals surface area contributed by atoms with Crippen LogP contribution in [0.5, 0.6) is 0 Å². The molecule has 0 radical (unpaired) electrons. The molecule has 1 unspecified atom stereocenters. The number of ether oxygens (including phenoxy) is 1. The maximum absolute atomic E-state index is 6.33. The van der Waals surface area contributed by atoms with Gasteiger partial charge in [-0.15, -0.1) is 0 Å². The van der Waals surface area contributed by atoms with Crippen molar-refractivity contribution in [1.29, 1.82) is 0 Å². The van der Waals surface area contributed by atoms with Gasteiger partial charge in [0.15, 0.2) is 0 Å². The number of likely N-dealkylation sites (N-methyl/N-ethyl adjacent to an activating group) is 1. The van der Waals surface area contributed by atoms with E-state index in [-0.39, 0.29) is 11.6 Å². The van der Waals surface area contributed by atoms with Crippen LogP contribution in [0.1, 0.15) is 26.7 Å². The summed E-state index contributed by atoms with van der Waals surface area (Å²) in [6, 6.07) is 0.237. The molecule has 0 aromatic rings. The highest BCUT2D eigenvalue weighted by atomic mass is 16.5. The van der Waals surface area contributed by atoms with Gasteiger partial charge in [0, 0.05) is 24.8 Å². The van der Waals surface area contributed by atoms with E-state index in [2.05, 4.69) is 32.8 Å². The fraction of sp³-hybridized carbons (Fsp3) is 1.00. The van der Waals surface area contributed by atoms with Crippen LogP contribution < -0.4 is 5.73 Å². The molecule has 3 heteroatoms. The van der Waals surface area contributed by atoms with Crippen molar-refractivity contribution >= 4 is 0 Å². The molecule has 14 heavy (non-hydrogen) atoms. The van der Waals surface area contributed by atoms with Crippen molar-refractivity contribution < 1.29 is 4.74 Å². The van der Waals surface area contributed by atoms with Gasteiger partial charge < -0.3 is 15.4 Å². The van der Waals surface area contributed by atoms with Gasteiger partial charge in [0.05, 0.1) is 0 Å². The fourth-order valence-corrected chi connectivity index (χ4v) is 1.95. The molecule has 1 rings (SSSR count). The summed E-state index contributed by atoms with van der Waals surface area (Å²) < 4.78 is 5.35. The van der Waals surface area contributed by atoms with Gasteiger partial charge in [-0.25, -0.2) is 0 Å². The first-order chi connectivity index (χ1) is 6.46. The molecule has 1 saturated heterocycles. The Bertz CT molecular complexity index is 174. The second-order valence-electron chi connectivity index (χ2n) is 5.02. The zero-order chi connectivity index (χ0) is 10.8. The van der Waals surface area contributed by atoms with E-state index in [9.17, 15) is 0 Å². The van der Waals surface area contributed by atoms with Crippen LogP contribution in [-0.4, -0.2) is 43.8 Å². The predicted molar refractivity (Wildman–Crippen MR) is 59.3 cm³/mol. The summed E-state index contributed by atoms with van der Waals surface area (Å²) in [5, 5.41) is 0. The van der Waals surface area contributed by atoms with E-state index in [0.29, 0.717) is 5.92 Å². The minimum Gasteiger partial charge on any atom is -0.381 e. The number of nitrogens with zero attached hydrogens (tertiary/aromatic N) is 1. The third kappa shape index (κ3) is 2.47. The van der Waals surface area contributed by atoms with Gasteiger partial charge in [0.1, 0.15) is 0 Å². The van der Waals surface area contributed by atoms with Crippen molar-refractivity contribution in [2.24, 2.45) is 11.7 Å². The van der Waals surface area contributed by atoms with Gasteiger partial charge in [0.2, 0.25) is 0 Å². The van der Waals surface area contributed by atoms with Crippen molar-refractivity contribution in [3.8, 4) is 0 Å². The van der Waals surface area contributed by atoms with Crippen LogP contribution in [0.4, 0.5) is 0 Å². The monoisotopic (exact) mass is 200 g/mol. The summed E-state index contributed by atoms with van der Waals surface area (Å²) in [5.41, 5.74) is 6.40. The van der Waals surface area contributed by atoms with Crippen LogP contribution in [-0.2, 0) is 4.74 Å². The first-order valence-electron chi connectivity index (χ1n) is 5.47. The summed E-state index contributed by atoms with van der Waals surface area (Å²) in [6.07, 6.45) is 2.22. The number of nitrogens with two attached hydrogens (primary N) is 1. The summed E-state index contributed by atoms with van der Waals surface area (Å²) in [5.74, 6) is 0.612. The van der Waals surface area contributed by atoms with Gasteiger partial charge in [-0.05, 0) is 46.7 Å². The first kappa shape index (κ1) is 12.0. The van der Waals surface area contributed by atoms with Crippen LogP contribution in [0.25, 0.3) is 0 Å². The summed E-state index contributed by atoms with van der Waals surface area (Å²) in [4.78, 5) is 2.22. The maximum Gasteiger partial charge on any atom is 0.0469 e. The van der Waals surface area contributed by atoms with Crippen molar-refractivity contribution in [3.63, 3.8) is 0 Å². The SMILES string of the molecule is CN(C)C(C)(C)C(N)C1CCOCC1. The Morgan fingerprint density at radius 1 is 1.29 bits per heavy atom. The third-order valence-corrected chi connectivity index (χ3v) is 3.74. The quantitative estimate of drug-likeness (QED) is 0.741. The number of hydrogen-bond acceptors (Lipinski definition) is 3. The molecular formula is C11H24N2O. The maximum atomic E-state index is 6.33. The molecule has 0 aromatic heterocycles. The van der Waals surface area contributed by atoms with Gasteiger partial charge in [-0.1, -0.05) is 0 Å². The summed E-state index contributed by atoms with van der Waals surface area (Å²) >= 11 is 0. The van der Waals surface area contributed by atoms with Gasteiger partial charge in [0.25, 0.3) is 0 Å². The lowest BCUT2D eigenvalue weighted by Gasteiger charge is -2.43. The number of hydrogen-bond donors (Lipinski definition) is 1. The molecule has 0 aromatic carbocycles. The van der Waals surface area contributed by atoms with Crippen LogP contribution in [0.15, 0.2) is 0 Å². The molecule has 0 saturated carbocycles. The normalized spacial score (nSPS) is 22.7. The molecule has 1 aliphatic rings. The molecule has 1 atom stereocenters. The predicted octanol–water partition coefficient (Wildman–Crippen LogP) is 1.08. The highest BCUT2D eigenvalue weighted by Crippen LogP contribution is 2.26. The molecule has 2 N–H and O–H groups in total. The Balaban J connectivity index is 2.57. The van der Waals surface area contributed by atoms with Crippen molar-refractivity contribution in [1.82, 2.24) is 4.90 Å². The van der Waals surface area contributed by atoms with E-state index >= 15 is 0 Å². The minimum absolute atomic E-state index is 0.0714. The largest absolute Gasteiger partial charge is 0.381 e. The Morgan fingerprint density at radius 3 is 2.21 bits per heavy atom. The van der Waals surface area contributed by atoms with Crippen LogP contribution >= 0.6 is 0 Å². The molecule has 0 bridgehead atoms. The van der Waals surface area contributed by atoms with E-state index in [1.807, 2.05) is 0 Å². The average Bonchev–Trinajstić information content (AvgIpc) is 2.17. The van der Waals surface area contributed by atoms with E-state index < -0.39 is 0 Å². The van der Waals surface area contributed by atoms with Gasteiger partial charge >= 0.3 is 0 Å². The highest BCUT2D eigenvalue weighted by Gasteiger charge is 2.35. The van der Waals surface area contributed by atoms with Crippen LogP contribution in [0, 0.1) is 5.92 Å².